The van der Waals surface area contributed by atoms with Gasteiger partial charge in [0.1, 0.15) is 12.7 Å². The van der Waals surface area contributed by atoms with Crippen molar-refractivity contribution in [1.82, 2.24) is 0 Å². The highest BCUT2D eigenvalue weighted by molar-refractivity contribution is 7.47. The largest absolute Gasteiger partial charge is 0.472 e. The average Bonchev–Trinajstić information content (AvgIpc) is 3.37. The lowest BCUT2D eigenvalue weighted by Gasteiger charge is -2.21. The number of aliphatic hydroxyl groups is 1. The molecule has 0 amide bonds. The molecule has 0 heterocycles. The number of aliphatic hydroxyl groups excluding tert-OH is 1. The molecule has 0 saturated carbocycles. The molecule has 0 aliphatic heterocycles. The Morgan fingerprint density at radius 2 is 0.708 bits per heavy atom. The second-order valence-electron chi connectivity index (χ2n) is 16.5. The van der Waals surface area contributed by atoms with Crippen molar-refractivity contribution in [2.75, 3.05) is 26.4 Å². The van der Waals surface area contributed by atoms with E-state index < -0.39 is 64.4 Å². The number of hydrogen-bond donors (Lipinski definition) is 2. The molecule has 402 valence electrons. The van der Waals surface area contributed by atoms with Crippen LogP contribution in [-0.2, 0) is 42.2 Å². The molecular formula is C60H91O11P. The predicted octanol–water partition coefficient (Wildman–Crippen LogP) is 15.4. The van der Waals surface area contributed by atoms with Gasteiger partial charge in [-0.2, -0.15) is 0 Å². The van der Waals surface area contributed by atoms with Crippen LogP contribution in [-0.4, -0.2) is 66.5 Å². The Bertz CT molecular complexity index is 1810. The first-order valence-electron chi connectivity index (χ1n) is 26.4. The maximum atomic E-state index is 12.9. The molecule has 0 aromatic rings. The van der Waals surface area contributed by atoms with Crippen LogP contribution in [0.15, 0.2) is 158 Å². The third-order valence-corrected chi connectivity index (χ3v) is 10.9. The van der Waals surface area contributed by atoms with Crippen molar-refractivity contribution in [3.05, 3.63) is 158 Å². The van der Waals surface area contributed by atoms with Gasteiger partial charge in [0.15, 0.2) is 6.10 Å². The third kappa shape index (κ3) is 50.1. The van der Waals surface area contributed by atoms with Gasteiger partial charge in [-0.05, 0) is 122 Å². The van der Waals surface area contributed by atoms with Gasteiger partial charge in [-0.3, -0.25) is 23.4 Å². The number of allylic oxidation sites excluding steroid dienone is 26. The van der Waals surface area contributed by atoms with Crippen molar-refractivity contribution in [3.63, 3.8) is 0 Å². The Kier molecular flexibility index (Phi) is 48.9. The van der Waals surface area contributed by atoms with Crippen molar-refractivity contribution in [2.45, 2.75) is 174 Å². The van der Waals surface area contributed by atoms with E-state index in [0.29, 0.717) is 25.7 Å². The molecule has 0 aromatic heterocycles. The lowest BCUT2D eigenvalue weighted by Crippen LogP contribution is -2.30. The zero-order valence-electron chi connectivity index (χ0n) is 44.1. The quantitative estimate of drug-likeness (QED) is 0.0197. The van der Waals surface area contributed by atoms with E-state index in [9.17, 15) is 28.9 Å². The van der Waals surface area contributed by atoms with E-state index in [2.05, 4.69) is 148 Å². The minimum atomic E-state index is -4.80. The van der Waals surface area contributed by atoms with Crippen LogP contribution >= 0.6 is 7.82 Å². The molecule has 0 bridgehead atoms. The van der Waals surface area contributed by atoms with Crippen LogP contribution < -0.4 is 0 Å². The number of unbranched alkanes of at least 4 members (excludes halogenated alkanes) is 3. The minimum absolute atomic E-state index is 0.0391. The molecule has 0 aliphatic rings. The summed E-state index contributed by atoms with van der Waals surface area (Å²) in [6, 6.07) is 0. The molecular weight excluding hydrogens is 928 g/mol. The van der Waals surface area contributed by atoms with E-state index in [1.807, 2.05) is 30.4 Å². The molecule has 12 heteroatoms. The normalized spacial score (nSPS) is 14.7. The molecule has 0 radical (unpaired) electrons. The highest BCUT2D eigenvalue weighted by Gasteiger charge is 2.28. The Morgan fingerprint density at radius 3 is 1.11 bits per heavy atom. The zero-order valence-corrected chi connectivity index (χ0v) is 45.0. The number of phosphoric ester groups is 1. The summed E-state index contributed by atoms with van der Waals surface area (Å²) in [6.45, 7) is 4.05. The maximum absolute atomic E-state index is 12.9. The second-order valence-corrected chi connectivity index (χ2v) is 18.0. The van der Waals surface area contributed by atoms with Gasteiger partial charge >= 0.3 is 25.7 Å². The molecule has 0 aliphatic carbocycles. The summed E-state index contributed by atoms with van der Waals surface area (Å²) in [4.78, 5) is 48.3. The fourth-order valence-electron chi connectivity index (χ4n) is 6.04. The smallest absolute Gasteiger partial charge is 0.462 e. The van der Waals surface area contributed by atoms with Crippen LogP contribution in [0.2, 0.25) is 0 Å². The van der Waals surface area contributed by atoms with Crippen molar-refractivity contribution in [3.8, 4) is 0 Å². The van der Waals surface area contributed by atoms with Crippen LogP contribution in [0.3, 0.4) is 0 Å². The molecule has 3 atom stereocenters. The number of ether oxygens (including phenoxy) is 3. The molecule has 0 fully saturated rings. The van der Waals surface area contributed by atoms with Crippen molar-refractivity contribution in [1.29, 1.82) is 0 Å². The summed E-state index contributed by atoms with van der Waals surface area (Å²) < 4.78 is 39.2. The lowest BCUT2D eigenvalue weighted by atomic mass is 10.2. The number of rotatable bonds is 46. The van der Waals surface area contributed by atoms with E-state index in [-0.39, 0.29) is 19.3 Å². The molecule has 0 spiro atoms. The van der Waals surface area contributed by atoms with Crippen LogP contribution in [0, 0.1) is 0 Å². The zero-order chi connectivity index (χ0) is 52.7. The highest BCUT2D eigenvalue weighted by atomic mass is 31.2. The van der Waals surface area contributed by atoms with E-state index in [1.165, 1.54) is 0 Å². The average molecular weight is 1020 g/mol. The van der Waals surface area contributed by atoms with Gasteiger partial charge in [-0.25, -0.2) is 4.57 Å². The van der Waals surface area contributed by atoms with Gasteiger partial charge in [-0.15, -0.1) is 0 Å². The Balaban J connectivity index is 4.99. The lowest BCUT2D eigenvalue weighted by molar-refractivity contribution is -0.161. The number of hydrogen-bond acceptors (Lipinski definition) is 10. The SMILES string of the molecule is CC/C=C\C/C=C\C/C=C\C/C=C\C/C=C\CCCC(=O)OC(COC(=O)CCCC/C=C\C/C=C\C/C=C\C/C=C\CC)COP(=O)(O)OCC(CO)OC(=O)CC/C=C\C/C=C\C/C=C\C/C=C\CC. The summed E-state index contributed by atoms with van der Waals surface area (Å²) in [5, 5.41) is 9.77. The van der Waals surface area contributed by atoms with Crippen LogP contribution in [0.1, 0.15) is 162 Å². The minimum Gasteiger partial charge on any atom is -0.462 e. The van der Waals surface area contributed by atoms with E-state index >= 15 is 0 Å². The highest BCUT2D eigenvalue weighted by Crippen LogP contribution is 2.43. The fourth-order valence-corrected chi connectivity index (χ4v) is 6.82. The fraction of sp³-hybridized carbons (Fsp3) is 0.517. The first-order valence-corrected chi connectivity index (χ1v) is 27.9. The summed E-state index contributed by atoms with van der Waals surface area (Å²) in [5.41, 5.74) is 0. The first kappa shape index (κ1) is 67.1. The van der Waals surface area contributed by atoms with Gasteiger partial charge in [0.25, 0.3) is 0 Å². The molecule has 0 saturated heterocycles. The Labute approximate surface area is 434 Å². The standard InChI is InChI=1S/C60H91O11P/c1-4-7-10-13-16-19-22-25-27-28-30-33-36-39-42-45-48-51-60(64)71-57(53-67-58(62)49-46-43-40-37-34-32-29-26-23-20-17-14-11-8-5-2)55-69-72(65,66)68-54-56(52-61)70-59(63)50-47-44-41-38-35-31-24-21-18-15-12-9-6-3/h7-12,16-21,25-27,29-31,33-35,37,39,41-42,44,56-57,61H,4-6,13-15,22-24,28,32,36,38,40,43,45-55H2,1-3H3,(H,65,66)/b10-7-,11-8-,12-9-,19-16-,20-17-,21-18-,27-25-,29-26-,33-30-,35-31-,37-34-,42-39-,44-41-. The summed E-state index contributed by atoms with van der Waals surface area (Å²) >= 11 is 0. The third-order valence-electron chi connectivity index (χ3n) is 9.94. The van der Waals surface area contributed by atoms with E-state index in [0.717, 1.165) is 96.3 Å². The predicted molar refractivity (Wildman–Crippen MR) is 297 cm³/mol. The first-order chi connectivity index (χ1) is 35.2. The van der Waals surface area contributed by atoms with Crippen molar-refractivity contribution in [2.24, 2.45) is 0 Å². The van der Waals surface area contributed by atoms with Gasteiger partial charge in [-0.1, -0.05) is 179 Å². The van der Waals surface area contributed by atoms with Crippen LogP contribution in [0.5, 0.6) is 0 Å². The number of phosphoric acid groups is 1. The van der Waals surface area contributed by atoms with E-state index in [4.69, 9.17) is 23.3 Å². The van der Waals surface area contributed by atoms with Gasteiger partial charge in [0.2, 0.25) is 0 Å². The van der Waals surface area contributed by atoms with Gasteiger partial charge < -0.3 is 24.2 Å². The molecule has 0 rings (SSSR count). The van der Waals surface area contributed by atoms with Crippen molar-refractivity contribution < 1.29 is 52.2 Å². The number of carbonyl (C=O) groups is 3. The topological polar surface area (TPSA) is 155 Å². The van der Waals surface area contributed by atoms with Crippen LogP contribution in [0.4, 0.5) is 0 Å². The number of carbonyl (C=O) groups excluding carboxylic acids is 3. The van der Waals surface area contributed by atoms with Gasteiger partial charge in [0, 0.05) is 19.3 Å². The molecule has 3 unspecified atom stereocenters. The molecule has 0 aromatic carbocycles. The van der Waals surface area contributed by atoms with Crippen LogP contribution in [0.25, 0.3) is 0 Å². The maximum Gasteiger partial charge on any atom is 0.472 e. The second kappa shape index (κ2) is 52.4. The van der Waals surface area contributed by atoms with Crippen molar-refractivity contribution >= 4 is 25.7 Å². The molecule has 72 heavy (non-hydrogen) atoms. The molecule has 11 nitrogen and oxygen atoms in total. The Morgan fingerprint density at radius 1 is 0.389 bits per heavy atom. The Hall–Kier alpha value is -4.90. The summed E-state index contributed by atoms with van der Waals surface area (Å²) in [5.74, 6) is -1.70. The molecule has 2 N–H and O–H groups in total. The summed E-state index contributed by atoms with van der Waals surface area (Å²) in [7, 11) is -4.80. The number of esters is 3. The summed E-state index contributed by atoms with van der Waals surface area (Å²) in [6.07, 6.45) is 68.1. The monoisotopic (exact) mass is 1020 g/mol. The van der Waals surface area contributed by atoms with E-state index in [1.54, 1.807) is 0 Å². The van der Waals surface area contributed by atoms with Gasteiger partial charge in [0.05, 0.1) is 19.8 Å².